The molecule has 1 aliphatic heterocycles. The van der Waals surface area contributed by atoms with Gasteiger partial charge in [-0.3, -0.25) is 4.79 Å². The van der Waals surface area contributed by atoms with E-state index in [0.29, 0.717) is 18.5 Å². The Morgan fingerprint density at radius 1 is 1.06 bits per heavy atom. The molecule has 2 aliphatic carbocycles. The van der Waals surface area contributed by atoms with Crippen LogP contribution in [0.3, 0.4) is 0 Å². The van der Waals surface area contributed by atoms with E-state index < -0.39 is 15.3 Å². The molecule has 4 rings (SSSR count). The van der Waals surface area contributed by atoms with E-state index in [9.17, 15) is 18.3 Å². The lowest BCUT2D eigenvalue weighted by atomic mass is 9.93. The molecule has 1 unspecified atom stereocenters. The molecular weight excluding hydrogens is 424 g/mol. The van der Waals surface area contributed by atoms with E-state index in [1.807, 2.05) is 25.1 Å². The molecule has 6 nitrogen and oxygen atoms in total. The number of carbonyl (C=O) groups is 1. The second-order valence-corrected chi connectivity index (χ2v) is 11.4. The van der Waals surface area contributed by atoms with Gasteiger partial charge in [-0.15, -0.1) is 0 Å². The number of aliphatic hydroxyl groups is 1. The molecule has 1 saturated carbocycles. The molecule has 174 valence electrons. The van der Waals surface area contributed by atoms with E-state index >= 15 is 0 Å². The van der Waals surface area contributed by atoms with Crippen LogP contribution in [-0.2, 0) is 16.6 Å². The Hall–Kier alpha value is -1.96. The maximum atomic E-state index is 13.4. The summed E-state index contributed by atoms with van der Waals surface area (Å²) in [6, 6.07) is 7.30. The van der Waals surface area contributed by atoms with E-state index in [2.05, 4.69) is 17.5 Å². The van der Waals surface area contributed by atoms with Gasteiger partial charge in [-0.2, -0.15) is 4.31 Å². The summed E-state index contributed by atoms with van der Waals surface area (Å²) in [5.74, 6) is -0.118. The van der Waals surface area contributed by atoms with Gasteiger partial charge in [0.25, 0.3) is 5.91 Å². The van der Waals surface area contributed by atoms with Crippen LogP contribution in [0.2, 0.25) is 0 Å². The number of amides is 1. The van der Waals surface area contributed by atoms with Crippen LogP contribution >= 0.6 is 0 Å². The Kier molecular flexibility index (Phi) is 7.17. The van der Waals surface area contributed by atoms with Crippen molar-refractivity contribution in [3.05, 3.63) is 59.2 Å². The molecule has 1 saturated heterocycles. The van der Waals surface area contributed by atoms with E-state index in [1.54, 1.807) is 16.4 Å². The number of nitrogens with one attached hydrogen (secondary N) is 1. The molecule has 0 aromatic heterocycles. The highest BCUT2D eigenvalue weighted by Crippen LogP contribution is 2.33. The first-order valence-electron chi connectivity index (χ1n) is 11.8. The summed E-state index contributed by atoms with van der Waals surface area (Å²) in [4.78, 5) is 12.6. The molecule has 2 N–H and O–H groups in total. The van der Waals surface area contributed by atoms with Crippen molar-refractivity contribution in [1.29, 1.82) is 0 Å². The van der Waals surface area contributed by atoms with Gasteiger partial charge in [0, 0.05) is 24.2 Å². The van der Waals surface area contributed by atoms with Crippen LogP contribution in [0.4, 0.5) is 0 Å². The number of hydrogen-bond donors (Lipinski definition) is 2. The van der Waals surface area contributed by atoms with Crippen molar-refractivity contribution >= 4 is 15.9 Å². The fraction of sp³-hybridized carbons (Fsp3) is 0.560. The first-order valence-corrected chi connectivity index (χ1v) is 13.3. The van der Waals surface area contributed by atoms with Crippen molar-refractivity contribution in [1.82, 2.24) is 9.62 Å². The summed E-state index contributed by atoms with van der Waals surface area (Å²) >= 11 is 0. The van der Waals surface area contributed by atoms with Crippen LogP contribution < -0.4 is 5.32 Å². The van der Waals surface area contributed by atoms with Crippen molar-refractivity contribution < 1.29 is 18.3 Å². The largest absolute Gasteiger partial charge is 0.393 e. The van der Waals surface area contributed by atoms with Gasteiger partial charge in [-0.25, -0.2) is 8.42 Å². The lowest BCUT2D eigenvalue weighted by Crippen LogP contribution is -2.48. The number of nitrogens with zero attached hydrogens (tertiary/aromatic N) is 1. The molecule has 3 aliphatic rings. The number of benzene rings is 1. The number of carbonyl (C=O) groups excluding carboxylic acids is 1. The first kappa shape index (κ1) is 23.2. The second-order valence-electron chi connectivity index (χ2n) is 9.36. The molecule has 2 fully saturated rings. The molecule has 1 amide bonds. The number of sulfonamides is 1. The minimum Gasteiger partial charge on any atom is -0.393 e. The number of hydrogen-bond acceptors (Lipinski definition) is 4. The van der Waals surface area contributed by atoms with E-state index in [-0.39, 0.29) is 24.1 Å². The molecular formula is C25H34N2O4S. The van der Waals surface area contributed by atoms with E-state index in [4.69, 9.17) is 0 Å². The maximum absolute atomic E-state index is 13.4. The molecule has 0 spiro atoms. The van der Waals surface area contributed by atoms with Gasteiger partial charge in [-0.05, 0) is 81.6 Å². The Labute approximate surface area is 191 Å². The zero-order valence-corrected chi connectivity index (χ0v) is 19.6. The van der Waals surface area contributed by atoms with Gasteiger partial charge in [0.1, 0.15) is 5.25 Å². The van der Waals surface area contributed by atoms with Crippen molar-refractivity contribution in [2.45, 2.75) is 88.3 Å². The van der Waals surface area contributed by atoms with Crippen LogP contribution in [0, 0.1) is 0 Å². The van der Waals surface area contributed by atoms with Crippen LogP contribution in [0.1, 0.15) is 74.2 Å². The normalized spacial score (nSPS) is 30.5. The average molecular weight is 459 g/mol. The molecule has 1 aromatic carbocycles. The molecule has 0 radical (unpaired) electrons. The summed E-state index contributed by atoms with van der Waals surface area (Å²) in [6.07, 6.45) is 12.3. The van der Waals surface area contributed by atoms with Crippen molar-refractivity contribution in [2.24, 2.45) is 0 Å². The summed E-state index contributed by atoms with van der Waals surface area (Å²) in [6.45, 7) is 2.29. The topological polar surface area (TPSA) is 86.7 Å². The second kappa shape index (κ2) is 9.89. The van der Waals surface area contributed by atoms with E-state index in [0.717, 1.165) is 56.1 Å². The van der Waals surface area contributed by atoms with Gasteiger partial charge in [0.15, 0.2) is 0 Å². The highest BCUT2D eigenvalue weighted by atomic mass is 32.2. The minimum absolute atomic E-state index is 0.0472. The van der Waals surface area contributed by atoms with Crippen LogP contribution in [-0.4, -0.2) is 47.2 Å². The van der Waals surface area contributed by atoms with Gasteiger partial charge in [0.05, 0.1) is 6.10 Å². The monoisotopic (exact) mass is 458 g/mol. The number of allylic oxidation sites excluding steroid dienone is 3. The summed E-state index contributed by atoms with van der Waals surface area (Å²) < 4.78 is 28.5. The Morgan fingerprint density at radius 2 is 1.78 bits per heavy atom. The van der Waals surface area contributed by atoms with Gasteiger partial charge < -0.3 is 10.4 Å². The fourth-order valence-electron chi connectivity index (χ4n) is 4.99. The smallest absolute Gasteiger partial charge is 0.251 e. The molecule has 1 heterocycles. The third kappa shape index (κ3) is 5.16. The Morgan fingerprint density at radius 3 is 2.44 bits per heavy atom. The highest BCUT2D eigenvalue weighted by Gasteiger charge is 2.41. The molecule has 1 aromatic rings. The highest BCUT2D eigenvalue weighted by molar-refractivity contribution is 7.90. The van der Waals surface area contributed by atoms with Crippen molar-refractivity contribution in [3.8, 4) is 0 Å². The molecule has 32 heavy (non-hydrogen) atoms. The maximum Gasteiger partial charge on any atom is 0.251 e. The summed E-state index contributed by atoms with van der Waals surface area (Å²) in [5, 5.41) is 12.2. The lowest BCUT2D eigenvalue weighted by Gasteiger charge is -2.38. The predicted molar refractivity (Wildman–Crippen MR) is 126 cm³/mol. The predicted octanol–water partition coefficient (Wildman–Crippen LogP) is 3.68. The van der Waals surface area contributed by atoms with Crippen molar-refractivity contribution in [3.63, 3.8) is 0 Å². The summed E-state index contributed by atoms with van der Waals surface area (Å²) in [5.41, 5.74) is 2.38. The first-order chi connectivity index (χ1) is 15.3. The zero-order valence-electron chi connectivity index (χ0n) is 18.7. The Bertz CT molecular complexity index is 976. The number of rotatable bonds is 5. The number of aliphatic hydroxyl groups excluding tert-OH is 1. The van der Waals surface area contributed by atoms with E-state index in [1.165, 1.54) is 0 Å². The third-order valence-corrected chi connectivity index (χ3v) is 9.38. The quantitative estimate of drug-likeness (QED) is 0.705. The van der Waals surface area contributed by atoms with Crippen molar-refractivity contribution in [2.75, 3.05) is 0 Å². The zero-order chi connectivity index (χ0) is 22.7. The SMILES string of the molecule is C[C@H]1CCC(C2=CCCC=C2)S(=O)(=O)N1Cc1ccc(C(=O)NC2CCC(O)CC2)cc1. The van der Waals surface area contributed by atoms with Crippen LogP contribution in [0.25, 0.3) is 0 Å². The van der Waals surface area contributed by atoms with Gasteiger partial charge >= 0.3 is 0 Å². The minimum atomic E-state index is -3.45. The standard InChI is InChI=1S/C25H34N2O4S/c1-18-7-16-24(20-5-3-2-4-6-20)32(30,31)27(18)17-19-8-10-21(11-9-19)25(29)26-22-12-14-23(28)15-13-22/h3,5-6,8-11,18,22-24,28H,2,4,7,12-17H2,1H3,(H,26,29)/t18-,22?,23?,24?/m0/s1. The third-order valence-electron chi connectivity index (χ3n) is 7.01. The average Bonchev–Trinajstić information content (AvgIpc) is 2.79. The van der Waals surface area contributed by atoms with Crippen LogP contribution in [0.5, 0.6) is 0 Å². The molecule has 2 atom stereocenters. The summed E-state index contributed by atoms with van der Waals surface area (Å²) in [7, 11) is -3.45. The fourth-order valence-corrected chi connectivity index (χ4v) is 7.20. The molecule has 0 bridgehead atoms. The lowest BCUT2D eigenvalue weighted by molar-refractivity contribution is 0.0867. The van der Waals surface area contributed by atoms with Gasteiger partial charge in [0.2, 0.25) is 10.0 Å². The van der Waals surface area contributed by atoms with Crippen LogP contribution in [0.15, 0.2) is 48.1 Å². The van der Waals surface area contributed by atoms with Gasteiger partial charge in [-0.1, -0.05) is 30.4 Å². The molecule has 7 heteroatoms. The Balaban J connectivity index is 1.42.